The minimum Gasteiger partial charge on any atom is -0.355 e. The summed E-state index contributed by atoms with van der Waals surface area (Å²) in [5.74, 6) is 1.04. The predicted octanol–water partition coefficient (Wildman–Crippen LogP) is 0.844. The lowest BCUT2D eigenvalue weighted by Gasteiger charge is -2.34. The standard InChI is InChI=1S/C14H26N2O3/c1-11(2)8-15-13(17)10-16-5-3-4-12(9-16)14-18-6-7-19-14/h11-12,14H,3-10H2,1-2H3,(H,15,17). The van der Waals surface area contributed by atoms with Gasteiger partial charge in [-0.25, -0.2) is 0 Å². The SMILES string of the molecule is CC(C)CNC(=O)CN1CCCC(C2OCCO2)C1. The molecule has 1 amide bonds. The van der Waals surface area contributed by atoms with Crippen LogP contribution in [0, 0.1) is 11.8 Å². The number of ether oxygens (including phenoxy) is 2. The predicted molar refractivity (Wildman–Crippen MR) is 72.7 cm³/mol. The van der Waals surface area contributed by atoms with Gasteiger partial charge in [0.05, 0.1) is 19.8 Å². The molecule has 0 aromatic rings. The Kier molecular flexibility index (Phi) is 5.60. The first-order chi connectivity index (χ1) is 9.15. The number of nitrogens with zero attached hydrogens (tertiary/aromatic N) is 1. The number of carbonyl (C=O) groups is 1. The maximum Gasteiger partial charge on any atom is 0.234 e. The summed E-state index contributed by atoms with van der Waals surface area (Å²) in [5, 5.41) is 2.97. The van der Waals surface area contributed by atoms with Gasteiger partial charge in [-0.05, 0) is 25.3 Å². The van der Waals surface area contributed by atoms with E-state index in [0.29, 0.717) is 31.6 Å². The van der Waals surface area contributed by atoms with E-state index in [1.165, 1.54) is 0 Å². The number of carbonyl (C=O) groups excluding carboxylic acids is 1. The van der Waals surface area contributed by atoms with Crippen molar-refractivity contribution in [2.24, 2.45) is 11.8 Å². The quantitative estimate of drug-likeness (QED) is 0.804. The van der Waals surface area contributed by atoms with Gasteiger partial charge >= 0.3 is 0 Å². The Balaban J connectivity index is 1.72. The maximum atomic E-state index is 11.8. The molecule has 1 unspecified atom stereocenters. The van der Waals surface area contributed by atoms with Crippen LogP contribution in [0.25, 0.3) is 0 Å². The molecule has 2 aliphatic heterocycles. The van der Waals surface area contributed by atoms with E-state index in [0.717, 1.165) is 32.5 Å². The Labute approximate surface area is 115 Å². The third-order valence-corrected chi connectivity index (χ3v) is 3.65. The van der Waals surface area contributed by atoms with Crippen LogP contribution in [0.1, 0.15) is 26.7 Å². The van der Waals surface area contributed by atoms with Crippen molar-refractivity contribution in [2.45, 2.75) is 33.0 Å². The van der Waals surface area contributed by atoms with Crippen molar-refractivity contribution in [1.29, 1.82) is 0 Å². The number of rotatable bonds is 5. The van der Waals surface area contributed by atoms with Gasteiger partial charge in [-0.3, -0.25) is 9.69 Å². The lowest BCUT2D eigenvalue weighted by atomic mass is 9.97. The molecule has 5 heteroatoms. The number of piperidine rings is 1. The zero-order valence-corrected chi connectivity index (χ0v) is 12.1. The van der Waals surface area contributed by atoms with Crippen LogP contribution in [-0.4, -0.2) is 56.5 Å². The van der Waals surface area contributed by atoms with Crippen LogP contribution in [-0.2, 0) is 14.3 Å². The van der Waals surface area contributed by atoms with Crippen molar-refractivity contribution in [2.75, 3.05) is 39.4 Å². The second-order valence-electron chi connectivity index (χ2n) is 5.95. The molecule has 2 fully saturated rings. The van der Waals surface area contributed by atoms with Gasteiger partial charge in [0.15, 0.2) is 6.29 Å². The highest BCUT2D eigenvalue weighted by Gasteiger charge is 2.31. The number of hydrogen-bond acceptors (Lipinski definition) is 4. The highest BCUT2D eigenvalue weighted by Crippen LogP contribution is 2.24. The number of amides is 1. The van der Waals surface area contributed by atoms with Crippen LogP contribution in [0.5, 0.6) is 0 Å². The second-order valence-corrected chi connectivity index (χ2v) is 5.95. The molecule has 1 N–H and O–H groups in total. The molecule has 19 heavy (non-hydrogen) atoms. The summed E-state index contributed by atoms with van der Waals surface area (Å²) < 4.78 is 11.2. The lowest BCUT2D eigenvalue weighted by molar-refractivity contribution is -0.125. The van der Waals surface area contributed by atoms with Crippen LogP contribution < -0.4 is 5.32 Å². The Morgan fingerprint density at radius 3 is 2.79 bits per heavy atom. The van der Waals surface area contributed by atoms with E-state index in [2.05, 4.69) is 24.1 Å². The Morgan fingerprint density at radius 2 is 2.11 bits per heavy atom. The zero-order chi connectivity index (χ0) is 13.7. The molecule has 2 saturated heterocycles. The Bertz CT molecular complexity index is 290. The molecule has 2 heterocycles. The number of likely N-dealkylation sites (tertiary alicyclic amines) is 1. The first-order valence-corrected chi connectivity index (χ1v) is 7.37. The van der Waals surface area contributed by atoms with E-state index in [1.54, 1.807) is 0 Å². The van der Waals surface area contributed by atoms with E-state index in [4.69, 9.17) is 9.47 Å². The summed E-state index contributed by atoms with van der Waals surface area (Å²) in [6.45, 7) is 8.77. The Morgan fingerprint density at radius 1 is 1.37 bits per heavy atom. The third-order valence-electron chi connectivity index (χ3n) is 3.65. The molecule has 0 aliphatic carbocycles. The van der Waals surface area contributed by atoms with E-state index >= 15 is 0 Å². The minimum absolute atomic E-state index is 0.0541. The Hall–Kier alpha value is -0.650. The van der Waals surface area contributed by atoms with Crippen molar-refractivity contribution >= 4 is 5.91 Å². The zero-order valence-electron chi connectivity index (χ0n) is 12.1. The van der Waals surface area contributed by atoms with E-state index in [-0.39, 0.29) is 12.2 Å². The summed E-state index contributed by atoms with van der Waals surface area (Å²) in [7, 11) is 0. The topological polar surface area (TPSA) is 50.8 Å². The molecule has 0 spiro atoms. The molecule has 2 rings (SSSR count). The molecule has 0 radical (unpaired) electrons. The first kappa shape index (κ1) is 14.8. The van der Waals surface area contributed by atoms with Crippen molar-refractivity contribution in [3.05, 3.63) is 0 Å². The average molecular weight is 270 g/mol. The van der Waals surface area contributed by atoms with Crippen molar-refractivity contribution in [3.8, 4) is 0 Å². The lowest BCUT2D eigenvalue weighted by Crippen LogP contribution is -2.45. The minimum atomic E-state index is -0.0541. The maximum absolute atomic E-state index is 11.8. The van der Waals surface area contributed by atoms with Crippen molar-refractivity contribution in [1.82, 2.24) is 10.2 Å². The molecule has 2 aliphatic rings. The molecule has 0 bridgehead atoms. The monoisotopic (exact) mass is 270 g/mol. The fraction of sp³-hybridized carbons (Fsp3) is 0.929. The van der Waals surface area contributed by atoms with E-state index in [1.807, 2.05) is 0 Å². The smallest absolute Gasteiger partial charge is 0.234 e. The summed E-state index contributed by atoms with van der Waals surface area (Å²) >= 11 is 0. The molecule has 110 valence electrons. The van der Waals surface area contributed by atoms with E-state index < -0.39 is 0 Å². The summed E-state index contributed by atoms with van der Waals surface area (Å²) in [5.41, 5.74) is 0. The van der Waals surface area contributed by atoms with Crippen LogP contribution in [0.4, 0.5) is 0 Å². The summed E-state index contributed by atoms with van der Waals surface area (Å²) in [6.07, 6.45) is 2.20. The molecule has 5 nitrogen and oxygen atoms in total. The third kappa shape index (κ3) is 4.75. The van der Waals surface area contributed by atoms with Crippen LogP contribution in [0.3, 0.4) is 0 Å². The first-order valence-electron chi connectivity index (χ1n) is 7.37. The second kappa shape index (κ2) is 7.22. The van der Waals surface area contributed by atoms with Gasteiger partial charge in [0.25, 0.3) is 0 Å². The van der Waals surface area contributed by atoms with Crippen LogP contribution in [0.2, 0.25) is 0 Å². The van der Waals surface area contributed by atoms with Gasteiger partial charge in [0.1, 0.15) is 0 Å². The molecule has 0 aromatic heterocycles. The fourth-order valence-corrected chi connectivity index (χ4v) is 2.68. The van der Waals surface area contributed by atoms with Crippen molar-refractivity contribution < 1.29 is 14.3 Å². The van der Waals surface area contributed by atoms with Gasteiger partial charge < -0.3 is 14.8 Å². The molecule has 0 aromatic carbocycles. The normalized spacial score (nSPS) is 25.9. The van der Waals surface area contributed by atoms with Gasteiger partial charge in [-0.1, -0.05) is 13.8 Å². The van der Waals surface area contributed by atoms with Crippen molar-refractivity contribution in [3.63, 3.8) is 0 Å². The highest BCUT2D eigenvalue weighted by atomic mass is 16.7. The molecule has 0 saturated carbocycles. The number of hydrogen-bond donors (Lipinski definition) is 1. The van der Waals surface area contributed by atoms with Crippen LogP contribution in [0.15, 0.2) is 0 Å². The molecular formula is C14H26N2O3. The number of nitrogens with one attached hydrogen (secondary N) is 1. The fourth-order valence-electron chi connectivity index (χ4n) is 2.68. The van der Waals surface area contributed by atoms with Gasteiger partial charge in [0, 0.05) is 19.0 Å². The summed E-state index contributed by atoms with van der Waals surface area (Å²) in [4.78, 5) is 14.0. The van der Waals surface area contributed by atoms with Gasteiger partial charge in [0.2, 0.25) is 5.91 Å². The summed E-state index contributed by atoms with van der Waals surface area (Å²) in [6, 6.07) is 0. The van der Waals surface area contributed by atoms with Crippen LogP contribution >= 0.6 is 0 Å². The van der Waals surface area contributed by atoms with E-state index in [9.17, 15) is 4.79 Å². The van der Waals surface area contributed by atoms with Gasteiger partial charge in [-0.15, -0.1) is 0 Å². The largest absolute Gasteiger partial charge is 0.355 e. The molecule has 1 atom stereocenters. The molecular weight excluding hydrogens is 244 g/mol. The highest BCUT2D eigenvalue weighted by molar-refractivity contribution is 5.78. The van der Waals surface area contributed by atoms with Gasteiger partial charge in [-0.2, -0.15) is 0 Å². The average Bonchev–Trinajstić information content (AvgIpc) is 2.90.